The number of aromatic nitrogens is 2. The second-order valence-electron chi connectivity index (χ2n) is 7.71. The van der Waals surface area contributed by atoms with Crippen molar-refractivity contribution < 1.29 is 4.57 Å². The van der Waals surface area contributed by atoms with Gasteiger partial charge < -0.3 is 0 Å². The summed E-state index contributed by atoms with van der Waals surface area (Å²) in [5.74, 6) is 1.26. The molecule has 0 atom stereocenters. The van der Waals surface area contributed by atoms with Crippen molar-refractivity contribution in [3.63, 3.8) is 0 Å². The lowest BCUT2D eigenvalue weighted by Crippen LogP contribution is -2.30. The number of hydrogen-bond acceptors (Lipinski definition) is 0. The fourth-order valence-corrected chi connectivity index (χ4v) is 3.33. The number of benzene rings is 2. The van der Waals surface area contributed by atoms with Crippen molar-refractivity contribution in [2.45, 2.75) is 40.0 Å². The molecule has 1 heterocycles. The van der Waals surface area contributed by atoms with E-state index in [4.69, 9.17) is 0 Å². The third-order valence-corrected chi connectivity index (χ3v) is 4.83. The van der Waals surface area contributed by atoms with Crippen LogP contribution in [0.3, 0.4) is 0 Å². The van der Waals surface area contributed by atoms with E-state index in [1.807, 2.05) is 0 Å². The molecule has 120 valence electrons. The molecule has 0 aliphatic heterocycles. The van der Waals surface area contributed by atoms with Crippen LogP contribution in [0.25, 0.3) is 22.4 Å². The second-order valence-corrected chi connectivity index (χ2v) is 7.71. The van der Waals surface area contributed by atoms with Crippen LogP contribution in [0.15, 0.2) is 36.4 Å². The highest BCUT2D eigenvalue weighted by Crippen LogP contribution is 2.30. The predicted molar refractivity (Wildman–Crippen MR) is 97.7 cm³/mol. The van der Waals surface area contributed by atoms with E-state index in [2.05, 4.69) is 94.2 Å². The maximum atomic E-state index is 2.36. The Morgan fingerprint density at radius 1 is 0.957 bits per heavy atom. The van der Waals surface area contributed by atoms with Gasteiger partial charge in [-0.15, -0.1) is 0 Å². The Hall–Kier alpha value is -2.09. The Balaban J connectivity index is 2.33. The summed E-state index contributed by atoms with van der Waals surface area (Å²) in [6.45, 7) is 11.2. The van der Waals surface area contributed by atoms with E-state index in [1.54, 1.807) is 0 Å². The monoisotopic (exact) mass is 307 g/mol. The molecular weight excluding hydrogens is 280 g/mol. The zero-order valence-corrected chi connectivity index (χ0v) is 15.4. The summed E-state index contributed by atoms with van der Waals surface area (Å²) in [4.78, 5) is 0. The predicted octanol–water partition coefficient (Wildman–Crippen LogP) is 4.58. The van der Waals surface area contributed by atoms with E-state index >= 15 is 0 Å². The molecule has 2 nitrogen and oxygen atoms in total. The zero-order valence-electron chi connectivity index (χ0n) is 15.4. The largest absolute Gasteiger partial charge is 0.289 e. The molecule has 0 spiro atoms. The third kappa shape index (κ3) is 2.56. The lowest BCUT2D eigenvalue weighted by molar-refractivity contribution is -0.634. The number of fused-ring (bicyclic) bond motifs is 1. The van der Waals surface area contributed by atoms with Gasteiger partial charge in [-0.1, -0.05) is 39.0 Å². The van der Waals surface area contributed by atoms with Crippen LogP contribution < -0.4 is 4.57 Å². The number of imidazole rings is 1. The van der Waals surface area contributed by atoms with Gasteiger partial charge in [-0.05, 0) is 54.2 Å². The van der Waals surface area contributed by atoms with Crippen LogP contribution in [0.1, 0.15) is 37.5 Å². The average Bonchev–Trinajstić information content (AvgIpc) is 2.70. The lowest BCUT2D eigenvalue weighted by atomic mass is 9.85. The number of aryl methyl sites for hydroxylation is 4. The van der Waals surface area contributed by atoms with Gasteiger partial charge in [0.25, 0.3) is 5.82 Å². The van der Waals surface area contributed by atoms with Gasteiger partial charge in [-0.2, -0.15) is 0 Å². The summed E-state index contributed by atoms with van der Waals surface area (Å²) in [5, 5.41) is 0. The highest BCUT2D eigenvalue weighted by Gasteiger charge is 2.25. The molecule has 0 fully saturated rings. The molecule has 0 N–H and O–H groups in total. The molecular formula is C21H27N2+. The SMILES string of the molecule is Cc1ccc2c(c1)n(C)c(-c1cc(C(C)(C)C)ccc1C)[n+]2C. The van der Waals surface area contributed by atoms with Crippen LogP contribution in [0, 0.1) is 13.8 Å². The van der Waals surface area contributed by atoms with Crippen molar-refractivity contribution in [1.29, 1.82) is 0 Å². The Morgan fingerprint density at radius 3 is 2.30 bits per heavy atom. The van der Waals surface area contributed by atoms with Gasteiger partial charge >= 0.3 is 0 Å². The molecule has 3 rings (SSSR count). The minimum absolute atomic E-state index is 0.155. The van der Waals surface area contributed by atoms with E-state index in [0.29, 0.717) is 0 Å². The Morgan fingerprint density at radius 2 is 1.65 bits per heavy atom. The first kappa shape index (κ1) is 15.8. The Bertz CT molecular complexity index is 892. The van der Waals surface area contributed by atoms with E-state index in [1.165, 1.54) is 39.1 Å². The molecule has 0 unspecified atom stereocenters. The molecule has 23 heavy (non-hydrogen) atoms. The topological polar surface area (TPSA) is 8.81 Å². The average molecular weight is 307 g/mol. The summed E-state index contributed by atoms with van der Waals surface area (Å²) in [7, 11) is 4.33. The number of hydrogen-bond donors (Lipinski definition) is 0. The van der Waals surface area contributed by atoms with Gasteiger partial charge in [0.05, 0.1) is 19.7 Å². The van der Waals surface area contributed by atoms with Gasteiger partial charge in [0.15, 0.2) is 11.0 Å². The highest BCUT2D eigenvalue weighted by molar-refractivity contribution is 5.77. The molecule has 0 saturated carbocycles. The number of rotatable bonds is 1. The Labute approximate surface area is 139 Å². The molecule has 0 aliphatic rings. The van der Waals surface area contributed by atoms with Crippen molar-refractivity contribution >= 4 is 11.0 Å². The van der Waals surface area contributed by atoms with Crippen molar-refractivity contribution in [3.8, 4) is 11.4 Å². The maximum absolute atomic E-state index is 2.36. The van der Waals surface area contributed by atoms with Crippen molar-refractivity contribution in [2.75, 3.05) is 0 Å². The summed E-state index contributed by atoms with van der Waals surface area (Å²) in [6.07, 6.45) is 0. The van der Waals surface area contributed by atoms with Crippen LogP contribution in [0.4, 0.5) is 0 Å². The van der Waals surface area contributed by atoms with E-state index in [9.17, 15) is 0 Å². The van der Waals surface area contributed by atoms with Crippen LogP contribution in [0.2, 0.25) is 0 Å². The second kappa shape index (κ2) is 5.23. The van der Waals surface area contributed by atoms with E-state index in [-0.39, 0.29) is 5.41 Å². The van der Waals surface area contributed by atoms with Crippen molar-refractivity contribution in [3.05, 3.63) is 53.1 Å². The van der Waals surface area contributed by atoms with Gasteiger partial charge in [0, 0.05) is 0 Å². The van der Waals surface area contributed by atoms with Gasteiger partial charge in [0.1, 0.15) is 0 Å². The molecule has 3 aromatic rings. The fourth-order valence-electron chi connectivity index (χ4n) is 3.33. The van der Waals surface area contributed by atoms with E-state index < -0.39 is 0 Å². The fraction of sp³-hybridized carbons (Fsp3) is 0.381. The van der Waals surface area contributed by atoms with Crippen LogP contribution in [-0.4, -0.2) is 4.57 Å². The third-order valence-electron chi connectivity index (χ3n) is 4.83. The summed E-state index contributed by atoms with van der Waals surface area (Å²) >= 11 is 0. The molecule has 0 bridgehead atoms. The summed E-state index contributed by atoms with van der Waals surface area (Å²) in [6, 6.07) is 13.5. The van der Waals surface area contributed by atoms with E-state index in [0.717, 1.165) is 0 Å². The zero-order chi connectivity index (χ0) is 16.9. The lowest BCUT2D eigenvalue weighted by Gasteiger charge is -2.20. The standard InChI is InChI=1S/C21H27N2/c1-14-8-11-18-19(12-14)23(7)20(22(18)6)17-13-16(21(3,4)5)10-9-15(17)2/h8-13H,1-7H3/q+1. The van der Waals surface area contributed by atoms with Crippen molar-refractivity contribution in [1.82, 2.24) is 4.57 Å². The summed E-state index contributed by atoms with van der Waals surface area (Å²) in [5.41, 5.74) is 8.01. The van der Waals surface area contributed by atoms with Crippen LogP contribution in [0.5, 0.6) is 0 Å². The van der Waals surface area contributed by atoms with Crippen molar-refractivity contribution in [2.24, 2.45) is 14.1 Å². The smallest absolute Gasteiger partial charge is 0.226 e. The quantitative estimate of drug-likeness (QED) is 0.582. The van der Waals surface area contributed by atoms with Crippen LogP contribution in [-0.2, 0) is 19.5 Å². The molecule has 0 aliphatic carbocycles. The molecule has 0 amide bonds. The first-order valence-electron chi connectivity index (χ1n) is 8.26. The van der Waals surface area contributed by atoms with Gasteiger partial charge in [0.2, 0.25) is 0 Å². The summed E-state index contributed by atoms with van der Waals surface area (Å²) < 4.78 is 4.63. The first-order valence-corrected chi connectivity index (χ1v) is 8.26. The number of nitrogens with zero attached hydrogens (tertiary/aromatic N) is 2. The Kier molecular flexibility index (Phi) is 3.59. The first-order chi connectivity index (χ1) is 10.7. The molecule has 0 saturated heterocycles. The van der Waals surface area contributed by atoms with Gasteiger partial charge in [-0.3, -0.25) is 0 Å². The molecule has 2 heteroatoms. The van der Waals surface area contributed by atoms with Crippen LogP contribution >= 0.6 is 0 Å². The molecule has 1 aromatic heterocycles. The highest BCUT2D eigenvalue weighted by atomic mass is 15.1. The minimum atomic E-state index is 0.155. The normalized spacial score (nSPS) is 12.1. The molecule has 0 radical (unpaired) electrons. The van der Waals surface area contributed by atoms with Gasteiger partial charge in [-0.25, -0.2) is 9.13 Å². The molecule has 2 aromatic carbocycles. The maximum Gasteiger partial charge on any atom is 0.289 e. The minimum Gasteiger partial charge on any atom is -0.226 e.